The number of hydrogen-bond acceptors (Lipinski definition) is 5. The fourth-order valence-electron chi connectivity index (χ4n) is 5.52. The van der Waals surface area contributed by atoms with Crippen molar-refractivity contribution in [2.75, 3.05) is 25.0 Å². The molecule has 1 atom stereocenters. The molecule has 1 aromatic carbocycles. The molecule has 5 rings (SSSR count). The summed E-state index contributed by atoms with van der Waals surface area (Å²) in [5.41, 5.74) is 1.75. The average Bonchev–Trinajstić information content (AvgIpc) is 3.44. The standard InChI is InChI=1S/C26H33N3O4S2/c30-24(21-14-10-18-29(21)35(32,33)19-11-4-1-5-12-19)27-25-23(26(31)28-16-8-3-9-17-28)20-13-6-2-7-15-22(20)34-25/h1,4-5,11-12,21H,2-3,6-10,13-18H2,(H,27,30)/t21-/m1/s1. The number of sulfonamides is 1. The van der Waals surface area contributed by atoms with Crippen molar-refractivity contribution >= 4 is 38.2 Å². The zero-order chi connectivity index (χ0) is 24.4. The van der Waals surface area contributed by atoms with Crippen molar-refractivity contribution in [1.82, 2.24) is 9.21 Å². The zero-order valence-corrected chi connectivity index (χ0v) is 21.6. The van der Waals surface area contributed by atoms with E-state index in [1.54, 1.807) is 30.3 Å². The van der Waals surface area contributed by atoms with Crippen molar-refractivity contribution in [1.29, 1.82) is 0 Å². The predicted molar refractivity (Wildman–Crippen MR) is 137 cm³/mol. The third kappa shape index (κ3) is 4.90. The average molecular weight is 516 g/mol. The highest BCUT2D eigenvalue weighted by atomic mass is 32.2. The molecule has 1 aromatic heterocycles. The highest BCUT2D eigenvalue weighted by Gasteiger charge is 2.40. The summed E-state index contributed by atoms with van der Waals surface area (Å²) in [6.45, 7) is 1.82. The first kappa shape index (κ1) is 24.5. The van der Waals surface area contributed by atoms with Crippen LogP contribution in [-0.4, -0.2) is 55.1 Å². The predicted octanol–water partition coefficient (Wildman–Crippen LogP) is 4.43. The van der Waals surface area contributed by atoms with Crippen LogP contribution in [0.1, 0.15) is 72.2 Å². The number of aryl methyl sites for hydroxylation is 1. The van der Waals surface area contributed by atoms with E-state index in [0.29, 0.717) is 30.0 Å². The van der Waals surface area contributed by atoms with E-state index in [9.17, 15) is 18.0 Å². The second-order valence-corrected chi connectivity index (χ2v) is 12.7. The Kier molecular flexibility index (Phi) is 7.27. The molecule has 0 bridgehead atoms. The van der Waals surface area contributed by atoms with E-state index in [-0.39, 0.29) is 16.7 Å². The summed E-state index contributed by atoms with van der Waals surface area (Å²) in [7, 11) is -3.78. The number of nitrogens with one attached hydrogen (secondary N) is 1. The van der Waals surface area contributed by atoms with E-state index in [2.05, 4.69) is 5.32 Å². The molecular weight excluding hydrogens is 482 g/mol. The van der Waals surface area contributed by atoms with Gasteiger partial charge in [-0.3, -0.25) is 9.59 Å². The van der Waals surface area contributed by atoms with Gasteiger partial charge in [-0.25, -0.2) is 8.42 Å². The second kappa shape index (κ2) is 10.4. The molecule has 0 unspecified atom stereocenters. The lowest BCUT2D eigenvalue weighted by atomic mass is 10.0. The van der Waals surface area contributed by atoms with E-state index in [4.69, 9.17) is 0 Å². The molecule has 1 N–H and O–H groups in total. The number of hydrogen-bond donors (Lipinski definition) is 1. The molecule has 7 nitrogen and oxygen atoms in total. The molecule has 0 radical (unpaired) electrons. The summed E-state index contributed by atoms with van der Waals surface area (Å²) in [6, 6.07) is 7.50. The Hall–Kier alpha value is -2.23. The van der Waals surface area contributed by atoms with E-state index < -0.39 is 16.1 Å². The maximum absolute atomic E-state index is 13.7. The van der Waals surface area contributed by atoms with Gasteiger partial charge in [-0.05, 0) is 75.5 Å². The first-order valence-electron chi connectivity index (χ1n) is 12.8. The number of fused-ring (bicyclic) bond motifs is 1. The van der Waals surface area contributed by atoms with Crippen LogP contribution in [0.2, 0.25) is 0 Å². The van der Waals surface area contributed by atoms with Gasteiger partial charge < -0.3 is 10.2 Å². The minimum Gasteiger partial charge on any atom is -0.339 e. The number of carbonyl (C=O) groups excluding carboxylic acids is 2. The van der Waals surface area contributed by atoms with Gasteiger partial charge in [0.15, 0.2) is 0 Å². The third-order valence-corrected chi connectivity index (χ3v) is 10.5. The topological polar surface area (TPSA) is 86.8 Å². The van der Waals surface area contributed by atoms with Gasteiger partial charge in [0.2, 0.25) is 15.9 Å². The Morgan fingerprint density at radius 3 is 2.37 bits per heavy atom. The summed E-state index contributed by atoms with van der Waals surface area (Å²) in [5.74, 6) is -0.328. The number of nitrogens with zero attached hydrogens (tertiary/aromatic N) is 2. The van der Waals surface area contributed by atoms with Crippen molar-refractivity contribution in [3.8, 4) is 0 Å². The summed E-state index contributed by atoms with van der Waals surface area (Å²) < 4.78 is 27.9. The largest absolute Gasteiger partial charge is 0.339 e. The fraction of sp³-hybridized carbons (Fsp3) is 0.538. The van der Waals surface area contributed by atoms with Crippen molar-refractivity contribution < 1.29 is 18.0 Å². The maximum Gasteiger partial charge on any atom is 0.257 e. The van der Waals surface area contributed by atoms with E-state index in [1.165, 1.54) is 20.5 Å². The van der Waals surface area contributed by atoms with Crippen LogP contribution in [0, 0.1) is 0 Å². The van der Waals surface area contributed by atoms with E-state index >= 15 is 0 Å². The van der Waals surface area contributed by atoms with Crippen LogP contribution in [-0.2, 0) is 27.7 Å². The van der Waals surface area contributed by atoms with E-state index in [0.717, 1.165) is 70.0 Å². The van der Waals surface area contributed by atoms with Crippen LogP contribution >= 0.6 is 11.3 Å². The Bertz CT molecular complexity index is 1190. The van der Waals surface area contributed by atoms with Crippen LogP contribution in [0.3, 0.4) is 0 Å². The lowest BCUT2D eigenvalue weighted by Gasteiger charge is -2.28. The maximum atomic E-state index is 13.7. The molecule has 35 heavy (non-hydrogen) atoms. The van der Waals surface area contributed by atoms with Gasteiger partial charge in [-0.1, -0.05) is 24.6 Å². The SMILES string of the molecule is O=C(Nc1sc2c(c1C(=O)N1CCCCC1)CCCCC2)[C@H]1CCCN1S(=O)(=O)c1ccccc1. The summed E-state index contributed by atoms with van der Waals surface area (Å²) in [6.07, 6.45) is 9.32. The van der Waals surface area contributed by atoms with Crippen molar-refractivity contribution in [2.45, 2.75) is 75.1 Å². The summed E-state index contributed by atoms with van der Waals surface area (Å²) in [5, 5.41) is 3.63. The molecule has 188 valence electrons. The quantitative estimate of drug-likeness (QED) is 0.597. The number of anilines is 1. The van der Waals surface area contributed by atoms with Gasteiger partial charge in [0, 0.05) is 24.5 Å². The molecule has 0 saturated carbocycles. The number of thiophene rings is 1. The molecule has 0 spiro atoms. The molecule has 3 aliphatic rings. The lowest BCUT2D eigenvalue weighted by molar-refractivity contribution is -0.119. The third-order valence-electron chi connectivity index (χ3n) is 7.37. The molecule has 2 amide bonds. The summed E-state index contributed by atoms with van der Waals surface area (Å²) >= 11 is 1.51. The highest BCUT2D eigenvalue weighted by Crippen LogP contribution is 2.39. The molecule has 9 heteroatoms. The Balaban J connectivity index is 1.43. The molecule has 3 heterocycles. The van der Waals surface area contributed by atoms with Crippen LogP contribution in [0.4, 0.5) is 5.00 Å². The number of piperidine rings is 1. The molecular formula is C26H33N3O4S2. The van der Waals surface area contributed by atoms with Crippen LogP contribution in [0.15, 0.2) is 35.2 Å². The van der Waals surface area contributed by atoms with Gasteiger partial charge in [-0.15, -0.1) is 11.3 Å². The monoisotopic (exact) mass is 515 g/mol. The normalized spacial score (nSPS) is 21.4. The van der Waals surface area contributed by atoms with Gasteiger partial charge in [0.05, 0.1) is 10.5 Å². The van der Waals surface area contributed by atoms with Crippen LogP contribution in [0.25, 0.3) is 0 Å². The van der Waals surface area contributed by atoms with Gasteiger partial charge in [-0.2, -0.15) is 4.31 Å². The molecule has 2 aliphatic heterocycles. The Morgan fingerprint density at radius 1 is 0.886 bits per heavy atom. The zero-order valence-electron chi connectivity index (χ0n) is 20.0. The summed E-state index contributed by atoms with van der Waals surface area (Å²) in [4.78, 5) is 30.5. The van der Waals surface area contributed by atoms with Crippen LogP contribution in [0.5, 0.6) is 0 Å². The number of rotatable bonds is 5. The van der Waals surface area contributed by atoms with Gasteiger partial charge in [0.1, 0.15) is 11.0 Å². The van der Waals surface area contributed by atoms with Crippen molar-refractivity contribution in [3.63, 3.8) is 0 Å². The van der Waals surface area contributed by atoms with Crippen molar-refractivity contribution in [3.05, 3.63) is 46.3 Å². The first-order chi connectivity index (χ1) is 17.0. The Morgan fingerprint density at radius 2 is 1.60 bits per heavy atom. The number of likely N-dealkylation sites (tertiary alicyclic amines) is 1. The lowest BCUT2D eigenvalue weighted by Crippen LogP contribution is -2.43. The smallest absolute Gasteiger partial charge is 0.257 e. The fourth-order valence-corrected chi connectivity index (χ4v) is 8.49. The van der Waals surface area contributed by atoms with Gasteiger partial charge in [0.25, 0.3) is 5.91 Å². The number of carbonyl (C=O) groups is 2. The van der Waals surface area contributed by atoms with Crippen LogP contribution < -0.4 is 5.32 Å². The number of amides is 2. The van der Waals surface area contributed by atoms with E-state index in [1.807, 2.05) is 4.90 Å². The van der Waals surface area contributed by atoms with Gasteiger partial charge >= 0.3 is 0 Å². The number of benzene rings is 1. The van der Waals surface area contributed by atoms with Crippen molar-refractivity contribution in [2.24, 2.45) is 0 Å². The minimum atomic E-state index is -3.78. The second-order valence-electron chi connectivity index (χ2n) is 9.70. The highest BCUT2D eigenvalue weighted by molar-refractivity contribution is 7.89. The molecule has 1 aliphatic carbocycles. The minimum absolute atomic E-state index is 0.0135. The molecule has 2 aromatic rings. The Labute approximate surface area is 211 Å². The first-order valence-corrected chi connectivity index (χ1v) is 15.0. The molecule has 2 fully saturated rings. The molecule has 2 saturated heterocycles.